The summed E-state index contributed by atoms with van der Waals surface area (Å²) in [6.07, 6.45) is 3.26. The van der Waals surface area contributed by atoms with Gasteiger partial charge in [0.15, 0.2) is 0 Å². The Labute approximate surface area is 163 Å². The van der Waals surface area contributed by atoms with Crippen LogP contribution in [0.25, 0.3) is 10.9 Å². The molecule has 0 spiro atoms. The number of nitrogens with one attached hydrogen (secondary N) is 1. The number of hydrogen-bond acceptors (Lipinski definition) is 6. The molecule has 0 fully saturated rings. The molecule has 0 aliphatic heterocycles. The quantitative estimate of drug-likeness (QED) is 0.520. The monoisotopic (exact) mass is 372 g/mol. The summed E-state index contributed by atoms with van der Waals surface area (Å²) in [4.78, 5) is 13.0. The summed E-state index contributed by atoms with van der Waals surface area (Å²) < 4.78 is 11.4. The van der Waals surface area contributed by atoms with Crippen molar-refractivity contribution in [3.05, 3.63) is 72.3 Å². The van der Waals surface area contributed by atoms with Gasteiger partial charge in [0.25, 0.3) is 0 Å². The van der Waals surface area contributed by atoms with E-state index in [0.29, 0.717) is 11.6 Å². The smallest absolute Gasteiger partial charge is 0.145 e. The zero-order chi connectivity index (χ0) is 19.5. The maximum atomic E-state index is 5.94. The zero-order valence-electron chi connectivity index (χ0n) is 15.9. The number of anilines is 2. The van der Waals surface area contributed by atoms with E-state index in [1.165, 1.54) is 0 Å². The summed E-state index contributed by atoms with van der Waals surface area (Å²) in [5, 5.41) is 4.21. The number of methoxy groups -OCH3 is 1. The van der Waals surface area contributed by atoms with E-state index in [2.05, 4.69) is 20.3 Å². The summed E-state index contributed by atoms with van der Waals surface area (Å²) in [6.45, 7) is 3.95. The first kappa shape index (κ1) is 17.7. The Morgan fingerprint density at radius 1 is 0.893 bits per heavy atom. The first-order valence-corrected chi connectivity index (χ1v) is 8.90. The summed E-state index contributed by atoms with van der Waals surface area (Å²) in [6, 6.07) is 15.5. The lowest BCUT2D eigenvalue weighted by atomic mass is 10.1. The Kier molecular flexibility index (Phi) is 4.76. The van der Waals surface area contributed by atoms with Gasteiger partial charge in [-0.05, 0) is 61.9 Å². The van der Waals surface area contributed by atoms with E-state index in [4.69, 9.17) is 9.47 Å². The Hall–Kier alpha value is -3.67. The highest BCUT2D eigenvalue weighted by Gasteiger charge is 2.10. The molecule has 140 valence electrons. The molecule has 6 heteroatoms. The highest BCUT2D eigenvalue weighted by molar-refractivity contribution is 5.95. The third-order valence-electron chi connectivity index (χ3n) is 4.39. The fourth-order valence-corrected chi connectivity index (χ4v) is 2.96. The molecule has 28 heavy (non-hydrogen) atoms. The van der Waals surface area contributed by atoms with E-state index in [-0.39, 0.29) is 0 Å². The maximum absolute atomic E-state index is 5.94. The summed E-state index contributed by atoms with van der Waals surface area (Å²) in [5.74, 6) is 2.91. The molecule has 2 aromatic heterocycles. The van der Waals surface area contributed by atoms with Gasteiger partial charge in [-0.15, -0.1) is 0 Å². The summed E-state index contributed by atoms with van der Waals surface area (Å²) in [7, 11) is 1.64. The minimum Gasteiger partial charge on any atom is -0.496 e. The van der Waals surface area contributed by atoms with E-state index >= 15 is 0 Å². The van der Waals surface area contributed by atoms with Crippen LogP contribution in [0.3, 0.4) is 0 Å². The second kappa shape index (κ2) is 7.52. The van der Waals surface area contributed by atoms with Gasteiger partial charge in [-0.2, -0.15) is 0 Å². The molecule has 0 aliphatic rings. The fourth-order valence-electron chi connectivity index (χ4n) is 2.96. The second-order valence-corrected chi connectivity index (χ2v) is 6.42. The molecule has 2 aromatic carbocycles. The lowest BCUT2D eigenvalue weighted by Crippen LogP contribution is -1.98. The normalized spacial score (nSPS) is 10.7. The average Bonchev–Trinajstić information content (AvgIpc) is 2.71. The van der Waals surface area contributed by atoms with E-state index in [0.717, 1.165) is 39.3 Å². The SMILES string of the molecule is COc1cccc2ncnc(Nc3ccc(Oc4ccc(C)nc4)c(C)c3)c12. The number of aromatic nitrogens is 3. The van der Waals surface area contributed by atoms with Gasteiger partial charge in [0.2, 0.25) is 0 Å². The highest BCUT2D eigenvalue weighted by atomic mass is 16.5. The molecule has 0 bridgehead atoms. The number of ether oxygens (including phenoxy) is 2. The van der Waals surface area contributed by atoms with Crippen molar-refractivity contribution in [3.63, 3.8) is 0 Å². The number of hydrogen-bond donors (Lipinski definition) is 1. The van der Waals surface area contributed by atoms with Crippen LogP contribution in [0, 0.1) is 13.8 Å². The predicted molar refractivity (Wildman–Crippen MR) is 110 cm³/mol. The van der Waals surface area contributed by atoms with Crippen LogP contribution in [0.15, 0.2) is 61.1 Å². The van der Waals surface area contributed by atoms with Crippen LogP contribution in [0.2, 0.25) is 0 Å². The second-order valence-electron chi connectivity index (χ2n) is 6.42. The van der Waals surface area contributed by atoms with E-state index in [1.807, 2.05) is 62.4 Å². The largest absolute Gasteiger partial charge is 0.496 e. The minimum atomic E-state index is 0.693. The molecule has 4 aromatic rings. The van der Waals surface area contributed by atoms with Crippen molar-refractivity contribution in [2.24, 2.45) is 0 Å². The van der Waals surface area contributed by atoms with Crippen molar-refractivity contribution in [1.82, 2.24) is 15.0 Å². The van der Waals surface area contributed by atoms with Gasteiger partial charge in [0, 0.05) is 11.4 Å². The van der Waals surface area contributed by atoms with Crippen molar-refractivity contribution < 1.29 is 9.47 Å². The number of pyridine rings is 1. The van der Waals surface area contributed by atoms with Gasteiger partial charge in [0.05, 0.1) is 24.2 Å². The first-order chi connectivity index (χ1) is 13.6. The van der Waals surface area contributed by atoms with Crippen molar-refractivity contribution in [3.8, 4) is 17.2 Å². The molecule has 4 rings (SSSR count). The molecule has 0 atom stereocenters. The van der Waals surface area contributed by atoms with Gasteiger partial charge < -0.3 is 14.8 Å². The molecular formula is C22H20N4O2. The number of fused-ring (bicyclic) bond motifs is 1. The standard InChI is InChI=1S/C22H20N4O2/c1-14-11-16(8-10-19(14)28-17-9-7-15(2)23-12-17)26-22-21-18(24-13-25-22)5-4-6-20(21)27-3/h4-13H,1-3H3,(H,24,25,26). The van der Waals surface area contributed by atoms with Crippen LogP contribution in [0.1, 0.15) is 11.3 Å². The molecule has 0 saturated heterocycles. The van der Waals surface area contributed by atoms with Gasteiger partial charge in [0.1, 0.15) is 29.4 Å². The van der Waals surface area contributed by atoms with Gasteiger partial charge in [-0.1, -0.05) is 6.07 Å². The average molecular weight is 372 g/mol. The van der Waals surface area contributed by atoms with Crippen LogP contribution in [-0.2, 0) is 0 Å². The molecule has 1 N–H and O–H groups in total. The zero-order valence-corrected chi connectivity index (χ0v) is 15.9. The molecule has 0 saturated carbocycles. The number of benzene rings is 2. The molecule has 0 radical (unpaired) electrons. The first-order valence-electron chi connectivity index (χ1n) is 8.90. The third kappa shape index (κ3) is 3.57. The van der Waals surface area contributed by atoms with Gasteiger partial charge in [-0.3, -0.25) is 4.98 Å². The van der Waals surface area contributed by atoms with Gasteiger partial charge in [-0.25, -0.2) is 9.97 Å². The molecule has 2 heterocycles. The Bertz CT molecular complexity index is 1120. The van der Waals surface area contributed by atoms with Crippen LogP contribution < -0.4 is 14.8 Å². The van der Waals surface area contributed by atoms with Crippen molar-refractivity contribution in [1.29, 1.82) is 0 Å². The molecule has 0 unspecified atom stereocenters. The highest BCUT2D eigenvalue weighted by Crippen LogP contribution is 2.33. The van der Waals surface area contributed by atoms with Crippen LogP contribution >= 0.6 is 0 Å². The minimum absolute atomic E-state index is 0.693. The Balaban J connectivity index is 1.62. The van der Waals surface area contributed by atoms with Crippen molar-refractivity contribution in [2.45, 2.75) is 13.8 Å². The topological polar surface area (TPSA) is 69.2 Å². The van der Waals surface area contributed by atoms with E-state index in [1.54, 1.807) is 19.6 Å². The van der Waals surface area contributed by atoms with Crippen LogP contribution in [0.4, 0.5) is 11.5 Å². The van der Waals surface area contributed by atoms with Crippen LogP contribution in [-0.4, -0.2) is 22.1 Å². The number of rotatable bonds is 5. The number of aryl methyl sites for hydroxylation is 2. The maximum Gasteiger partial charge on any atom is 0.145 e. The summed E-state index contributed by atoms with van der Waals surface area (Å²) >= 11 is 0. The molecule has 6 nitrogen and oxygen atoms in total. The van der Waals surface area contributed by atoms with Crippen molar-refractivity contribution in [2.75, 3.05) is 12.4 Å². The molecule has 0 aliphatic carbocycles. The predicted octanol–water partition coefficient (Wildman–Crippen LogP) is 5.19. The number of nitrogens with zero attached hydrogens (tertiary/aromatic N) is 3. The molecular weight excluding hydrogens is 352 g/mol. The lowest BCUT2D eigenvalue weighted by molar-refractivity contribution is 0.420. The Morgan fingerprint density at radius 2 is 1.79 bits per heavy atom. The van der Waals surface area contributed by atoms with Gasteiger partial charge >= 0.3 is 0 Å². The lowest BCUT2D eigenvalue weighted by Gasteiger charge is -2.13. The van der Waals surface area contributed by atoms with E-state index in [9.17, 15) is 0 Å². The summed E-state index contributed by atoms with van der Waals surface area (Å²) in [5.41, 5.74) is 3.67. The molecule has 0 amide bonds. The van der Waals surface area contributed by atoms with Crippen LogP contribution in [0.5, 0.6) is 17.2 Å². The fraction of sp³-hybridized carbons (Fsp3) is 0.136. The van der Waals surface area contributed by atoms with E-state index < -0.39 is 0 Å². The van der Waals surface area contributed by atoms with Crippen molar-refractivity contribution >= 4 is 22.4 Å². The Morgan fingerprint density at radius 3 is 2.54 bits per heavy atom. The third-order valence-corrected chi connectivity index (χ3v) is 4.39.